The van der Waals surface area contributed by atoms with Gasteiger partial charge in [0.25, 0.3) is 10.0 Å². The first kappa shape index (κ1) is 15.3. The van der Waals surface area contributed by atoms with Gasteiger partial charge in [-0.15, -0.1) is 0 Å². The van der Waals surface area contributed by atoms with Crippen molar-refractivity contribution in [3.63, 3.8) is 0 Å². The van der Waals surface area contributed by atoms with Crippen LogP contribution in [0, 0.1) is 6.92 Å². The maximum Gasteiger partial charge on any atom is 0.265 e. The van der Waals surface area contributed by atoms with Crippen molar-refractivity contribution < 1.29 is 18.3 Å². The molecule has 0 amide bonds. The quantitative estimate of drug-likeness (QED) is 0.888. The third-order valence-electron chi connectivity index (χ3n) is 3.09. The number of methoxy groups -OCH3 is 1. The summed E-state index contributed by atoms with van der Waals surface area (Å²) in [6.07, 6.45) is 0. The predicted molar refractivity (Wildman–Crippen MR) is 80.9 cm³/mol. The van der Waals surface area contributed by atoms with E-state index in [9.17, 15) is 8.42 Å². The van der Waals surface area contributed by atoms with Gasteiger partial charge in [-0.3, -0.25) is 4.72 Å². The lowest BCUT2D eigenvalue weighted by atomic mass is 10.2. The monoisotopic (exact) mass is 307 g/mol. The Labute approximate surface area is 124 Å². The molecule has 0 unspecified atom stereocenters. The van der Waals surface area contributed by atoms with Crippen molar-refractivity contribution in [2.45, 2.75) is 18.4 Å². The lowest BCUT2D eigenvalue weighted by Crippen LogP contribution is -2.15. The zero-order chi connectivity index (χ0) is 15.5. The van der Waals surface area contributed by atoms with Crippen LogP contribution >= 0.6 is 0 Å². The topological polar surface area (TPSA) is 75.6 Å². The number of para-hydroxylation sites is 1. The molecule has 21 heavy (non-hydrogen) atoms. The van der Waals surface area contributed by atoms with E-state index in [2.05, 4.69) is 4.72 Å². The smallest absolute Gasteiger partial charge is 0.265 e. The minimum Gasteiger partial charge on any atom is -0.495 e. The molecule has 0 atom stereocenters. The summed E-state index contributed by atoms with van der Waals surface area (Å²) >= 11 is 0. The van der Waals surface area contributed by atoms with Crippen LogP contribution in [0.5, 0.6) is 5.75 Å². The van der Waals surface area contributed by atoms with Crippen LogP contribution in [0.3, 0.4) is 0 Å². The van der Waals surface area contributed by atoms with E-state index < -0.39 is 10.0 Å². The maximum atomic E-state index is 12.5. The molecule has 2 aromatic rings. The Kier molecular flexibility index (Phi) is 4.50. The number of nitrogens with one attached hydrogen (secondary N) is 1. The van der Waals surface area contributed by atoms with Gasteiger partial charge in [-0.1, -0.05) is 24.3 Å². The Bertz CT molecular complexity index is 741. The molecule has 0 saturated heterocycles. The molecule has 0 aliphatic heterocycles. The van der Waals surface area contributed by atoms with Crippen LogP contribution in [0.4, 0.5) is 5.69 Å². The summed E-state index contributed by atoms with van der Waals surface area (Å²) < 4.78 is 32.6. The summed E-state index contributed by atoms with van der Waals surface area (Å²) in [5, 5.41) is 9.10. The molecule has 0 radical (unpaired) electrons. The number of rotatable bonds is 5. The number of aliphatic hydroxyl groups excluding tert-OH is 1. The van der Waals surface area contributed by atoms with Crippen LogP contribution in [0.2, 0.25) is 0 Å². The number of hydrogen-bond acceptors (Lipinski definition) is 4. The predicted octanol–water partition coefficient (Wildman–Crippen LogP) is 2.30. The number of anilines is 1. The second kappa shape index (κ2) is 6.15. The molecule has 0 spiro atoms. The largest absolute Gasteiger partial charge is 0.495 e. The lowest BCUT2D eigenvalue weighted by molar-refractivity contribution is 0.280. The summed E-state index contributed by atoms with van der Waals surface area (Å²) in [6, 6.07) is 11.6. The molecule has 0 bridgehead atoms. The minimum atomic E-state index is -3.76. The molecule has 0 aliphatic rings. The van der Waals surface area contributed by atoms with E-state index in [1.54, 1.807) is 18.2 Å². The van der Waals surface area contributed by atoms with Crippen LogP contribution in [0.15, 0.2) is 47.4 Å². The molecule has 6 heteroatoms. The summed E-state index contributed by atoms with van der Waals surface area (Å²) in [6.45, 7) is 1.64. The van der Waals surface area contributed by atoms with Crippen molar-refractivity contribution in [2.24, 2.45) is 0 Å². The lowest BCUT2D eigenvalue weighted by Gasteiger charge is -2.13. The SMILES string of the molecule is COc1cc(CO)ccc1S(=O)(=O)Nc1ccccc1C. The molecule has 5 nitrogen and oxygen atoms in total. The van der Waals surface area contributed by atoms with E-state index >= 15 is 0 Å². The van der Waals surface area contributed by atoms with E-state index in [1.165, 1.54) is 19.2 Å². The van der Waals surface area contributed by atoms with E-state index in [-0.39, 0.29) is 17.3 Å². The van der Waals surface area contributed by atoms with Gasteiger partial charge in [0.2, 0.25) is 0 Å². The van der Waals surface area contributed by atoms with Crippen molar-refractivity contribution in [1.82, 2.24) is 0 Å². The summed E-state index contributed by atoms with van der Waals surface area (Å²) in [5.41, 5.74) is 1.93. The van der Waals surface area contributed by atoms with Gasteiger partial charge in [0.1, 0.15) is 10.6 Å². The van der Waals surface area contributed by atoms with Crippen molar-refractivity contribution in [1.29, 1.82) is 0 Å². The molecule has 0 fully saturated rings. The highest BCUT2D eigenvalue weighted by Crippen LogP contribution is 2.27. The molecule has 2 aromatic carbocycles. The third kappa shape index (κ3) is 3.34. The first-order valence-electron chi connectivity index (χ1n) is 6.34. The number of aliphatic hydroxyl groups is 1. The number of hydrogen-bond donors (Lipinski definition) is 2. The van der Waals surface area contributed by atoms with Crippen molar-refractivity contribution in [3.8, 4) is 5.75 Å². The minimum absolute atomic E-state index is 0.0328. The summed E-state index contributed by atoms with van der Waals surface area (Å²) in [5.74, 6) is 0.197. The third-order valence-corrected chi connectivity index (χ3v) is 4.49. The number of sulfonamides is 1. The van der Waals surface area contributed by atoms with Crippen LogP contribution in [-0.2, 0) is 16.6 Å². The van der Waals surface area contributed by atoms with Gasteiger partial charge in [-0.05, 0) is 36.2 Å². The molecule has 0 heterocycles. The van der Waals surface area contributed by atoms with Gasteiger partial charge in [0.05, 0.1) is 19.4 Å². The Balaban J connectivity index is 2.42. The molecule has 112 valence electrons. The highest BCUT2D eigenvalue weighted by molar-refractivity contribution is 7.92. The van der Waals surface area contributed by atoms with Crippen molar-refractivity contribution in [3.05, 3.63) is 53.6 Å². The van der Waals surface area contributed by atoms with Gasteiger partial charge in [0.15, 0.2) is 0 Å². The van der Waals surface area contributed by atoms with Gasteiger partial charge in [-0.2, -0.15) is 0 Å². The number of ether oxygens (including phenoxy) is 1. The van der Waals surface area contributed by atoms with Crippen LogP contribution in [-0.4, -0.2) is 20.6 Å². The summed E-state index contributed by atoms with van der Waals surface area (Å²) in [7, 11) is -2.37. The van der Waals surface area contributed by atoms with E-state index in [1.807, 2.05) is 19.1 Å². The molecule has 0 saturated carbocycles. The Morgan fingerprint density at radius 3 is 2.52 bits per heavy atom. The van der Waals surface area contributed by atoms with E-state index in [0.717, 1.165) is 5.56 Å². The summed E-state index contributed by atoms with van der Waals surface area (Å²) in [4.78, 5) is 0.0328. The van der Waals surface area contributed by atoms with E-state index in [4.69, 9.17) is 9.84 Å². The molecular formula is C15H17NO4S. The fourth-order valence-corrected chi connectivity index (χ4v) is 3.20. The Hall–Kier alpha value is -2.05. The normalized spacial score (nSPS) is 11.2. The molecular weight excluding hydrogens is 290 g/mol. The Morgan fingerprint density at radius 2 is 1.90 bits per heavy atom. The zero-order valence-electron chi connectivity index (χ0n) is 11.8. The highest BCUT2D eigenvalue weighted by Gasteiger charge is 2.20. The van der Waals surface area contributed by atoms with Gasteiger partial charge >= 0.3 is 0 Å². The first-order chi connectivity index (χ1) is 9.97. The maximum absolute atomic E-state index is 12.5. The standard InChI is InChI=1S/C15H17NO4S/c1-11-5-3-4-6-13(11)16-21(18,19)15-8-7-12(10-17)9-14(15)20-2/h3-9,16-17H,10H2,1-2H3. The second-order valence-electron chi connectivity index (χ2n) is 4.56. The highest BCUT2D eigenvalue weighted by atomic mass is 32.2. The fraction of sp³-hybridized carbons (Fsp3) is 0.200. The molecule has 0 aliphatic carbocycles. The number of benzene rings is 2. The van der Waals surface area contributed by atoms with Gasteiger partial charge in [0, 0.05) is 0 Å². The van der Waals surface area contributed by atoms with Crippen molar-refractivity contribution in [2.75, 3.05) is 11.8 Å². The van der Waals surface area contributed by atoms with Gasteiger partial charge in [-0.25, -0.2) is 8.42 Å². The Morgan fingerprint density at radius 1 is 1.19 bits per heavy atom. The van der Waals surface area contributed by atoms with E-state index in [0.29, 0.717) is 11.3 Å². The number of aryl methyl sites for hydroxylation is 1. The second-order valence-corrected chi connectivity index (χ2v) is 6.21. The van der Waals surface area contributed by atoms with Crippen LogP contribution in [0.25, 0.3) is 0 Å². The first-order valence-corrected chi connectivity index (χ1v) is 7.82. The molecule has 0 aromatic heterocycles. The van der Waals surface area contributed by atoms with Crippen LogP contribution < -0.4 is 9.46 Å². The van der Waals surface area contributed by atoms with Crippen molar-refractivity contribution >= 4 is 15.7 Å². The zero-order valence-corrected chi connectivity index (χ0v) is 12.6. The molecule has 2 N–H and O–H groups in total. The van der Waals surface area contributed by atoms with Crippen LogP contribution in [0.1, 0.15) is 11.1 Å². The average molecular weight is 307 g/mol. The average Bonchev–Trinajstić information content (AvgIpc) is 2.48. The van der Waals surface area contributed by atoms with Gasteiger partial charge < -0.3 is 9.84 Å². The fourth-order valence-electron chi connectivity index (χ4n) is 1.92. The molecule has 2 rings (SSSR count).